The lowest BCUT2D eigenvalue weighted by Gasteiger charge is -2.30. The van der Waals surface area contributed by atoms with E-state index in [0.717, 1.165) is 0 Å². The van der Waals surface area contributed by atoms with E-state index >= 15 is 0 Å². The van der Waals surface area contributed by atoms with Gasteiger partial charge in [-0.25, -0.2) is 13.2 Å². The van der Waals surface area contributed by atoms with Gasteiger partial charge in [0.1, 0.15) is 0 Å². The van der Waals surface area contributed by atoms with Gasteiger partial charge in [0, 0.05) is 47.1 Å². The summed E-state index contributed by atoms with van der Waals surface area (Å²) in [7, 11) is -5.78. The van der Waals surface area contributed by atoms with Gasteiger partial charge in [-0.05, 0) is 0 Å². The number of aromatic hydroxyl groups is 4. The highest BCUT2D eigenvalue weighted by Gasteiger charge is 2.52. The lowest BCUT2D eigenvalue weighted by molar-refractivity contribution is -0.0611. The normalized spacial score (nSPS) is 20.5. The molecule has 0 aliphatic heterocycles. The van der Waals surface area contributed by atoms with Crippen LogP contribution in [0.5, 0.6) is 23.5 Å². The Hall–Kier alpha value is -3.20. The molecule has 0 saturated carbocycles. The number of hydrogen-bond donors (Lipinski definition) is 6. The van der Waals surface area contributed by atoms with Crippen molar-refractivity contribution in [1.29, 1.82) is 0 Å². The maximum atomic E-state index is 14.0. The zero-order valence-electron chi connectivity index (χ0n) is 15.1. The monoisotopic (exact) mass is 468 g/mol. The number of aliphatic hydroxyl groups is 1. The number of aromatic nitrogens is 2. The van der Waals surface area contributed by atoms with Gasteiger partial charge < -0.3 is 30.7 Å². The van der Waals surface area contributed by atoms with Gasteiger partial charge in [-0.3, -0.25) is 4.28 Å². The Kier molecular flexibility index (Phi) is 4.34. The van der Waals surface area contributed by atoms with Crippen LogP contribution in [0.25, 0.3) is 0 Å². The number of alkyl halides is 3. The molecule has 6 N–H and O–H groups in total. The van der Waals surface area contributed by atoms with E-state index in [1.165, 1.54) is 12.2 Å². The molecule has 3 atom stereocenters. The molecule has 0 amide bonds. The average Bonchev–Trinajstić information content (AvgIpc) is 3.10. The summed E-state index contributed by atoms with van der Waals surface area (Å²) in [4.78, 5) is 0. The van der Waals surface area contributed by atoms with E-state index in [1.54, 1.807) is 0 Å². The molecule has 31 heavy (non-hydrogen) atoms. The van der Waals surface area contributed by atoms with Gasteiger partial charge >= 0.3 is 10.1 Å². The molecule has 2 aromatic rings. The Morgan fingerprint density at radius 1 is 0.968 bits per heavy atom. The van der Waals surface area contributed by atoms with Crippen molar-refractivity contribution in [2.75, 3.05) is 6.61 Å². The van der Waals surface area contributed by atoms with Gasteiger partial charge in [-0.1, -0.05) is 16.9 Å². The predicted octanol–water partition coefficient (Wildman–Crippen LogP) is 0.568. The molecular formula is C16H15F3N2O9S. The second-order valence-electron chi connectivity index (χ2n) is 7.01. The summed E-state index contributed by atoms with van der Waals surface area (Å²) >= 11 is 0. The fourth-order valence-electron chi connectivity index (χ4n) is 3.94. The van der Waals surface area contributed by atoms with E-state index in [9.17, 15) is 47.2 Å². The molecule has 3 unspecified atom stereocenters. The van der Waals surface area contributed by atoms with E-state index in [4.69, 9.17) is 5.11 Å². The summed E-state index contributed by atoms with van der Waals surface area (Å²) in [6, 6.07) is 0. The molecule has 0 spiro atoms. The topological polar surface area (TPSA) is 175 Å². The van der Waals surface area contributed by atoms with Crippen LogP contribution in [-0.2, 0) is 10.1 Å². The van der Waals surface area contributed by atoms with Gasteiger partial charge in [-0.15, -0.1) is 4.73 Å². The maximum absolute atomic E-state index is 14.0. The molecule has 15 heteroatoms. The minimum Gasteiger partial charge on any atom is -0.492 e. The Balaban J connectivity index is 1.80. The lowest BCUT2D eigenvalue weighted by Crippen LogP contribution is -2.41. The van der Waals surface area contributed by atoms with Gasteiger partial charge in [0.05, 0.1) is 0 Å². The quantitative estimate of drug-likeness (QED) is 0.262. The third-order valence-electron chi connectivity index (χ3n) is 5.28. The first-order valence-corrected chi connectivity index (χ1v) is 10.1. The Labute approximate surface area is 171 Å². The minimum absolute atomic E-state index is 0.0619. The lowest BCUT2D eigenvalue weighted by atomic mass is 9.70. The average molecular weight is 468 g/mol. The van der Waals surface area contributed by atoms with Crippen molar-refractivity contribution >= 4 is 10.1 Å². The molecule has 170 valence electrons. The second-order valence-corrected chi connectivity index (χ2v) is 8.56. The molecular weight excluding hydrogens is 453 g/mol. The summed E-state index contributed by atoms with van der Waals surface area (Å²) < 4.78 is 69.4. The Morgan fingerprint density at radius 2 is 1.39 bits per heavy atom. The highest BCUT2D eigenvalue weighted by atomic mass is 32.2. The molecule has 0 saturated heterocycles. The van der Waals surface area contributed by atoms with Crippen LogP contribution in [0.1, 0.15) is 40.5 Å². The largest absolute Gasteiger partial charge is 0.492 e. The SMILES string of the molecule is O=S(=O)(On1c(O)c2c(c1O)C1C=CC2c2c1c(O)n(O)c2O)C(F)C(F)(F)CCO. The van der Waals surface area contributed by atoms with E-state index in [1.807, 2.05) is 0 Å². The molecule has 3 aliphatic rings. The van der Waals surface area contributed by atoms with Crippen LogP contribution in [0.2, 0.25) is 0 Å². The highest BCUT2D eigenvalue weighted by Crippen LogP contribution is 2.60. The first kappa shape index (κ1) is 21.0. The van der Waals surface area contributed by atoms with E-state index in [-0.39, 0.29) is 31.7 Å². The minimum atomic E-state index is -5.78. The molecule has 2 bridgehead atoms. The van der Waals surface area contributed by atoms with E-state index in [0.29, 0.717) is 0 Å². The van der Waals surface area contributed by atoms with Crippen LogP contribution in [0.15, 0.2) is 12.2 Å². The molecule has 0 fully saturated rings. The van der Waals surface area contributed by atoms with E-state index in [2.05, 4.69) is 4.28 Å². The zero-order valence-corrected chi connectivity index (χ0v) is 16.0. The first-order chi connectivity index (χ1) is 14.3. The summed E-state index contributed by atoms with van der Waals surface area (Å²) in [6.45, 7) is -1.22. The number of hydrogen-bond acceptors (Lipinski definition) is 9. The van der Waals surface area contributed by atoms with Crippen molar-refractivity contribution in [2.45, 2.75) is 29.7 Å². The van der Waals surface area contributed by atoms with E-state index < -0.39 is 69.9 Å². The van der Waals surface area contributed by atoms with Crippen molar-refractivity contribution in [1.82, 2.24) is 9.46 Å². The van der Waals surface area contributed by atoms with Crippen LogP contribution < -0.4 is 4.28 Å². The number of halogens is 3. The van der Waals surface area contributed by atoms with Crippen molar-refractivity contribution in [3.05, 3.63) is 34.4 Å². The molecule has 0 radical (unpaired) electrons. The fourth-order valence-corrected chi connectivity index (χ4v) is 4.90. The third-order valence-corrected chi connectivity index (χ3v) is 6.49. The van der Waals surface area contributed by atoms with Crippen LogP contribution in [0.3, 0.4) is 0 Å². The van der Waals surface area contributed by atoms with Crippen molar-refractivity contribution < 1.29 is 56.6 Å². The van der Waals surface area contributed by atoms with Crippen LogP contribution in [0.4, 0.5) is 13.2 Å². The fraction of sp³-hybridized carbons (Fsp3) is 0.375. The zero-order chi connectivity index (χ0) is 23.0. The number of rotatable bonds is 6. The summed E-state index contributed by atoms with van der Waals surface area (Å²) in [5.41, 5.74) is -4.49. The van der Waals surface area contributed by atoms with Gasteiger partial charge in [0.2, 0.25) is 23.5 Å². The molecule has 0 aromatic carbocycles. The molecule has 5 rings (SSSR count). The smallest absolute Gasteiger partial charge is 0.366 e. The van der Waals surface area contributed by atoms with Crippen molar-refractivity contribution in [3.63, 3.8) is 0 Å². The molecule has 2 heterocycles. The van der Waals surface area contributed by atoms with Crippen LogP contribution in [-0.4, -0.2) is 66.7 Å². The molecule has 2 aromatic heterocycles. The standard InChI is InChI=1S/C16H15F3N2O9S/c17-15(16(18,19)3-4-22)31(28,29)30-21-13(25)9-5-1-2-6(10(9)14(21)26)8-7(5)11(23)20(27)12(8)24/h1-2,5-6,15,22-27H,3-4H2. The van der Waals surface area contributed by atoms with Gasteiger partial charge in [0.15, 0.2) is 0 Å². The summed E-state index contributed by atoms with van der Waals surface area (Å²) in [5, 5.41) is 59.3. The molecule has 11 nitrogen and oxygen atoms in total. The van der Waals surface area contributed by atoms with Gasteiger partial charge in [0.25, 0.3) is 11.4 Å². The number of allylic oxidation sites excluding steroid dienone is 2. The number of nitrogens with zero attached hydrogens (tertiary/aromatic N) is 2. The van der Waals surface area contributed by atoms with Crippen molar-refractivity contribution in [3.8, 4) is 23.5 Å². The first-order valence-electron chi connectivity index (χ1n) is 8.62. The highest BCUT2D eigenvalue weighted by molar-refractivity contribution is 7.87. The summed E-state index contributed by atoms with van der Waals surface area (Å²) in [5.74, 6) is -10.5. The maximum Gasteiger partial charge on any atom is 0.366 e. The predicted molar refractivity (Wildman–Crippen MR) is 92.6 cm³/mol. The third kappa shape index (κ3) is 2.65. The molecule has 3 aliphatic carbocycles. The Bertz CT molecular complexity index is 1160. The second kappa shape index (κ2) is 6.40. The Morgan fingerprint density at radius 3 is 1.81 bits per heavy atom. The van der Waals surface area contributed by atoms with Crippen LogP contribution >= 0.6 is 0 Å². The van der Waals surface area contributed by atoms with Crippen molar-refractivity contribution in [2.24, 2.45) is 0 Å². The summed E-state index contributed by atoms with van der Waals surface area (Å²) in [6.07, 6.45) is 1.28. The van der Waals surface area contributed by atoms with Crippen LogP contribution in [0, 0.1) is 0 Å². The van der Waals surface area contributed by atoms with Gasteiger partial charge in [-0.2, -0.15) is 8.42 Å². The number of aliphatic hydroxyl groups excluding tert-OH is 1.